The molecule has 0 unspecified atom stereocenters. The molecule has 0 aliphatic heterocycles. The highest BCUT2D eigenvalue weighted by molar-refractivity contribution is 5.77. The van der Waals surface area contributed by atoms with Crippen LogP contribution in [0.5, 0.6) is 0 Å². The van der Waals surface area contributed by atoms with Crippen LogP contribution in [0.15, 0.2) is 18.2 Å². The van der Waals surface area contributed by atoms with E-state index in [1.807, 2.05) is 0 Å². The lowest BCUT2D eigenvalue weighted by Crippen LogP contribution is -2.36. The molecular formula is C12H16FNO2. The standard InChI is InChI=1S/C12H16FNO2/c1-12(2,16)8-14(3)11-5-9(7-15)4-10(13)6-11/h4-7,16H,8H2,1-3H3. The van der Waals surface area contributed by atoms with Crippen LogP contribution in [-0.4, -0.2) is 30.6 Å². The lowest BCUT2D eigenvalue weighted by molar-refractivity contribution is 0.0886. The second-order valence-electron chi connectivity index (χ2n) is 4.53. The van der Waals surface area contributed by atoms with Gasteiger partial charge >= 0.3 is 0 Å². The zero-order valence-corrected chi connectivity index (χ0v) is 9.70. The maximum Gasteiger partial charge on any atom is 0.150 e. The molecule has 0 amide bonds. The SMILES string of the molecule is CN(CC(C)(C)O)c1cc(F)cc(C=O)c1. The van der Waals surface area contributed by atoms with Crippen molar-refractivity contribution in [2.24, 2.45) is 0 Å². The molecule has 4 heteroatoms. The van der Waals surface area contributed by atoms with Crippen LogP contribution in [-0.2, 0) is 0 Å². The van der Waals surface area contributed by atoms with E-state index in [9.17, 15) is 14.3 Å². The summed E-state index contributed by atoms with van der Waals surface area (Å²) in [6, 6.07) is 4.09. The largest absolute Gasteiger partial charge is 0.389 e. The summed E-state index contributed by atoms with van der Waals surface area (Å²) in [5.74, 6) is -0.456. The van der Waals surface area contributed by atoms with Gasteiger partial charge in [-0.3, -0.25) is 4.79 Å². The Hall–Kier alpha value is -1.42. The van der Waals surface area contributed by atoms with Crippen molar-refractivity contribution in [1.82, 2.24) is 0 Å². The smallest absolute Gasteiger partial charge is 0.150 e. The summed E-state index contributed by atoms with van der Waals surface area (Å²) in [4.78, 5) is 12.3. The molecule has 0 heterocycles. The minimum Gasteiger partial charge on any atom is -0.389 e. The fraction of sp³-hybridized carbons (Fsp3) is 0.417. The third kappa shape index (κ3) is 3.62. The summed E-state index contributed by atoms with van der Waals surface area (Å²) in [7, 11) is 1.74. The molecule has 0 saturated carbocycles. The number of nitrogens with zero attached hydrogens (tertiary/aromatic N) is 1. The van der Waals surface area contributed by atoms with Gasteiger partial charge in [0, 0.05) is 24.8 Å². The van der Waals surface area contributed by atoms with Gasteiger partial charge in [0.2, 0.25) is 0 Å². The molecule has 0 bridgehead atoms. The molecule has 0 atom stereocenters. The third-order valence-electron chi connectivity index (χ3n) is 2.11. The number of hydrogen-bond donors (Lipinski definition) is 1. The summed E-state index contributed by atoms with van der Waals surface area (Å²) in [5.41, 5.74) is -0.00981. The molecule has 0 fully saturated rings. The van der Waals surface area contributed by atoms with Crippen LogP contribution in [0.2, 0.25) is 0 Å². The topological polar surface area (TPSA) is 40.5 Å². The van der Waals surface area contributed by atoms with Gasteiger partial charge in [0.25, 0.3) is 0 Å². The predicted molar refractivity (Wildman–Crippen MR) is 61.4 cm³/mol. The van der Waals surface area contributed by atoms with Gasteiger partial charge in [0.05, 0.1) is 5.60 Å². The zero-order valence-electron chi connectivity index (χ0n) is 9.70. The maximum atomic E-state index is 13.2. The summed E-state index contributed by atoms with van der Waals surface area (Å²) in [6.45, 7) is 3.70. The zero-order chi connectivity index (χ0) is 12.3. The molecule has 1 N–H and O–H groups in total. The van der Waals surface area contributed by atoms with Gasteiger partial charge in [-0.15, -0.1) is 0 Å². The van der Waals surface area contributed by atoms with E-state index in [1.165, 1.54) is 12.1 Å². The van der Waals surface area contributed by atoms with Crippen molar-refractivity contribution >= 4 is 12.0 Å². The molecule has 0 saturated heterocycles. The lowest BCUT2D eigenvalue weighted by Gasteiger charge is -2.27. The van der Waals surface area contributed by atoms with Crippen LogP contribution in [0.25, 0.3) is 0 Å². The Morgan fingerprint density at radius 1 is 1.44 bits per heavy atom. The summed E-state index contributed by atoms with van der Waals surface area (Å²) >= 11 is 0. The Kier molecular flexibility index (Phi) is 3.65. The molecule has 88 valence electrons. The van der Waals surface area contributed by atoms with E-state index in [2.05, 4.69) is 0 Å². The third-order valence-corrected chi connectivity index (χ3v) is 2.11. The molecule has 0 radical (unpaired) electrons. The van der Waals surface area contributed by atoms with Gasteiger partial charge in [-0.25, -0.2) is 4.39 Å². The summed E-state index contributed by atoms with van der Waals surface area (Å²) < 4.78 is 13.2. The highest BCUT2D eigenvalue weighted by Crippen LogP contribution is 2.18. The monoisotopic (exact) mass is 225 g/mol. The predicted octanol–water partition coefficient (Wildman–Crippen LogP) is 1.85. The number of halogens is 1. The van der Waals surface area contributed by atoms with Crippen LogP contribution in [0, 0.1) is 5.82 Å². The molecule has 1 rings (SSSR count). The number of aldehydes is 1. The highest BCUT2D eigenvalue weighted by Gasteiger charge is 2.16. The van der Waals surface area contributed by atoms with Gasteiger partial charge in [-0.2, -0.15) is 0 Å². The number of hydrogen-bond acceptors (Lipinski definition) is 3. The molecule has 3 nitrogen and oxygen atoms in total. The quantitative estimate of drug-likeness (QED) is 0.795. The molecular weight excluding hydrogens is 209 g/mol. The minimum atomic E-state index is -0.873. The molecule has 0 spiro atoms. The normalized spacial score (nSPS) is 11.3. The van der Waals surface area contributed by atoms with Crippen molar-refractivity contribution in [3.63, 3.8) is 0 Å². The number of benzene rings is 1. The van der Waals surface area contributed by atoms with Crippen molar-refractivity contribution in [2.45, 2.75) is 19.4 Å². The first-order valence-electron chi connectivity index (χ1n) is 5.01. The first-order chi connectivity index (χ1) is 7.31. The van der Waals surface area contributed by atoms with Crippen LogP contribution in [0.1, 0.15) is 24.2 Å². The van der Waals surface area contributed by atoms with Gasteiger partial charge < -0.3 is 10.0 Å². The average Bonchev–Trinajstić information content (AvgIpc) is 2.14. The number of rotatable bonds is 4. The Morgan fingerprint density at radius 2 is 2.06 bits per heavy atom. The van der Waals surface area contributed by atoms with Crippen LogP contribution < -0.4 is 4.90 Å². The van der Waals surface area contributed by atoms with Gasteiger partial charge in [-0.1, -0.05) is 0 Å². The minimum absolute atomic E-state index is 0.289. The van der Waals surface area contributed by atoms with E-state index >= 15 is 0 Å². The van der Waals surface area contributed by atoms with Crippen LogP contribution in [0.3, 0.4) is 0 Å². The van der Waals surface area contributed by atoms with Crippen LogP contribution in [0.4, 0.5) is 10.1 Å². The summed E-state index contributed by atoms with van der Waals surface area (Å²) in [5, 5.41) is 9.64. The van der Waals surface area contributed by atoms with E-state index in [1.54, 1.807) is 31.9 Å². The van der Waals surface area contributed by atoms with E-state index in [0.717, 1.165) is 0 Å². The summed E-state index contributed by atoms with van der Waals surface area (Å²) in [6.07, 6.45) is 0.602. The van der Waals surface area contributed by atoms with Crippen LogP contribution >= 0.6 is 0 Å². The van der Waals surface area contributed by atoms with Gasteiger partial charge in [0.15, 0.2) is 0 Å². The van der Waals surface area contributed by atoms with E-state index < -0.39 is 11.4 Å². The second kappa shape index (κ2) is 4.61. The van der Waals surface area contributed by atoms with Crippen molar-refractivity contribution in [3.05, 3.63) is 29.6 Å². The molecule has 0 aliphatic rings. The number of likely N-dealkylation sites (N-methyl/N-ethyl adjacent to an activating group) is 1. The maximum absolute atomic E-state index is 13.2. The van der Waals surface area contributed by atoms with E-state index in [0.29, 0.717) is 18.5 Å². The Bertz CT molecular complexity index is 385. The molecule has 1 aromatic carbocycles. The molecule has 1 aromatic rings. The van der Waals surface area contributed by atoms with Crippen molar-refractivity contribution in [1.29, 1.82) is 0 Å². The van der Waals surface area contributed by atoms with Crippen molar-refractivity contribution in [3.8, 4) is 0 Å². The first kappa shape index (κ1) is 12.6. The fourth-order valence-corrected chi connectivity index (χ4v) is 1.56. The molecule has 0 aromatic heterocycles. The second-order valence-corrected chi connectivity index (χ2v) is 4.53. The number of carbonyl (C=O) groups excluding carboxylic acids is 1. The van der Waals surface area contributed by atoms with E-state index in [-0.39, 0.29) is 5.56 Å². The van der Waals surface area contributed by atoms with Crippen molar-refractivity contribution in [2.75, 3.05) is 18.5 Å². The Morgan fingerprint density at radius 3 is 2.56 bits per heavy atom. The fourth-order valence-electron chi connectivity index (χ4n) is 1.56. The Labute approximate surface area is 94.5 Å². The first-order valence-corrected chi connectivity index (χ1v) is 5.01. The van der Waals surface area contributed by atoms with Gasteiger partial charge in [0.1, 0.15) is 12.1 Å². The Balaban J connectivity index is 2.95. The molecule has 0 aliphatic carbocycles. The lowest BCUT2D eigenvalue weighted by atomic mass is 10.1. The number of anilines is 1. The van der Waals surface area contributed by atoms with E-state index in [4.69, 9.17) is 0 Å². The molecule has 16 heavy (non-hydrogen) atoms. The van der Waals surface area contributed by atoms with Crippen molar-refractivity contribution < 1.29 is 14.3 Å². The van der Waals surface area contributed by atoms with Gasteiger partial charge in [-0.05, 0) is 32.0 Å². The average molecular weight is 225 g/mol. The highest BCUT2D eigenvalue weighted by atomic mass is 19.1. The number of carbonyl (C=O) groups is 1. The number of aliphatic hydroxyl groups is 1.